The van der Waals surface area contributed by atoms with Crippen LogP contribution in [0, 0.1) is 0 Å². The van der Waals surface area contributed by atoms with E-state index in [1.807, 2.05) is 19.1 Å². The molecular formula is C20H24N2O5S. The molecule has 7 nitrogen and oxygen atoms in total. The van der Waals surface area contributed by atoms with Gasteiger partial charge in [0.25, 0.3) is 15.9 Å². The van der Waals surface area contributed by atoms with Gasteiger partial charge in [0.2, 0.25) is 0 Å². The first-order valence-electron chi connectivity index (χ1n) is 9.12. The van der Waals surface area contributed by atoms with Crippen molar-refractivity contribution in [2.75, 3.05) is 38.1 Å². The average Bonchev–Trinajstić information content (AvgIpc) is 2.73. The van der Waals surface area contributed by atoms with Gasteiger partial charge in [-0.3, -0.25) is 9.52 Å². The molecule has 1 N–H and O–H groups in total. The topological polar surface area (TPSA) is 84.9 Å². The molecule has 0 atom stereocenters. The molecule has 1 fully saturated rings. The van der Waals surface area contributed by atoms with Gasteiger partial charge < -0.3 is 14.4 Å². The lowest BCUT2D eigenvalue weighted by atomic mass is 10.1. The van der Waals surface area contributed by atoms with Crippen LogP contribution in [0.4, 0.5) is 5.69 Å². The number of para-hydroxylation sites is 1. The Hall–Kier alpha value is -2.58. The molecule has 3 rings (SSSR count). The summed E-state index contributed by atoms with van der Waals surface area (Å²) in [5, 5.41) is 0. The first-order valence-corrected chi connectivity index (χ1v) is 10.6. The van der Waals surface area contributed by atoms with E-state index in [-0.39, 0.29) is 16.4 Å². The average molecular weight is 404 g/mol. The van der Waals surface area contributed by atoms with Crippen molar-refractivity contribution >= 4 is 21.6 Å². The van der Waals surface area contributed by atoms with Crippen LogP contribution in [0.1, 0.15) is 22.8 Å². The molecule has 0 aromatic heterocycles. The van der Waals surface area contributed by atoms with Crippen LogP contribution in [-0.4, -0.2) is 52.6 Å². The highest BCUT2D eigenvalue weighted by atomic mass is 32.2. The summed E-state index contributed by atoms with van der Waals surface area (Å²) in [7, 11) is -2.40. The summed E-state index contributed by atoms with van der Waals surface area (Å²) in [5.74, 6) is 0.0653. The summed E-state index contributed by atoms with van der Waals surface area (Å²) in [6, 6.07) is 11.5. The zero-order valence-electron chi connectivity index (χ0n) is 16.0. The molecule has 1 heterocycles. The van der Waals surface area contributed by atoms with Gasteiger partial charge in [0.05, 0.1) is 36.5 Å². The second-order valence-corrected chi connectivity index (χ2v) is 8.07. The Bertz CT molecular complexity index is 953. The molecule has 1 aliphatic heterocycles. The molecule has 1 saturated heterocycles. The fourth-order valence-corrected chi connectivity index (χ4v) is 4.22. The number of nitrogens with one attached hydrogen (secondary N) is 1. The maximum absolute atomic E-state index is 12.9. The third-order valence-electron chi connectivity index (χ3n) is 4.65. The van der Waals surface area contributed by atoms with E-state index >= 15 is 0 Å². The van der Waals surface area contributed by atoms with Crippen LogP contribution < -0.4 is 9.46 Å². The van der Waals surface area contributed by atoms with Crippen LogP contribution in [0.2, 0.25) is 0 Å². The minimum Gasteiger partial charge on any atom is -0.496 e. The van der Waals surface area contributed by atoms with Crippen LogP contribution >= 0.6 is 0 Å². The summed E-state index contributed by atoms with van der Waals surface area (Å²) in [4.78, 5) is 14.5. The van der Waals surface area contributed by atoms with Crippen molar-refractivity contribution in [3.63, 3.8) is 0 Å². The van der Waals surface area contributed by atoms with Crippen LogP contribution in [0.5, 0.6) is 5.75 Å². The first kappa shape index (κ1) is 20.2. The Morgan fingerprint density at radius 3 is 2.57 bits per heavy atom. The minimum absolute atomic E-state index is 0.0100. The van der Waals surface area contributed by atoms with Gasteiger partial charge in [-0.05, 0) is 36.2 Å². The van der Waals surface area contributed by atoms with Gasteiger partial charge in [0.15, 0.2) is 0 Å². The number of sulfonamides is 1. The number of ether oxygens (including phenoxy) is 2. The number of anilines is 1. The molecule has 0 saturated carbocycles. The van der Waals surface area contributed by atoms with Crippen molar-refractivity contribution in [1.29, 1.82) is 0 Å². The number of aryl methyl sites for hydroxylation is 1. The number of amides is 1. The molecule has 0 aliphatic carbocycles. The third-order valence-corrected chi connectivity index (χ3v) is 6.02. The quantitative estimate of drug-likeness (QED) is 0.800. The van der Waals surface area contributed by atoms with Crippen LogP contribution in [-0.2, 0) is 21.2 Å². The molecule has 1 aliphatic rings. The van der Waals surface area contributed by atoms with Crippen molar-refractivity contribution in [3.8, 4) is 5.75 Å². The van der Waals surface area contributed by atoms with Crippen molar-refractivity contribution in [1.82, 2.24) is 4.90 Å². The van der Waals surface area contributed by atoms with Gasteiger partial charge in [-0.1, -0.05) is 25.1 Å². The molecule has 0 spiro atoms. The molecule has 8 heteroatoms. The maximum Gasteiger partial charge on any atom is 0.261 e. The number of carbonyl (C=O) groups is 1. The molecule has 2 aromatic rings. The normalized spacial score (nSPS) is 14.6. The van der Waals surface area contributed by atoms with E-state index < -0.39 is 10.0 Å². The summed E-state index contributed by atoms with van der Waals surface area (Å²) in [5.41, 5.74) is 1.64. The van der Waals surface area contributed by atoms with E-state index in [4.69, 9.17) is 9.47 Å². The molecule has 28 heavy (non-hydrogen) atoms. The Morgan fingerprint density at radius 2 is 1.89 bits per heavy atom. The SMILES string of the molecule is CCc1ccccc1NS(=O)(=O)c1ccc(OC)c(C(=O)N2CCOCC2)c1. The number of rotatable bonds is 6. The summed E-state index contributed by atoms with van der Waals surface area (Å²) >= 11 is 0. The van der Waals surface area contributed by atoms with Crippen LogP contribution in [0.3, 0.4) is 0 Å². The summed E-state index contributed by atoms with van der Waals surface area (Å²) in [6.07, 6.45) is 0.697. The lowest BCUT2D eigenvalue weighted by Crippen LogP contribution is -2.40. The number of nitrogens with zero attached hydrogens (tertiary/aromatic N) is 1. The largest absolute Gasteiger partial charge is 0.496 e. The van der Waals surface area contributed by atoms with Gasteiger partial charge in [-0.2, -0.15) is 0 Å². The zero-order chi connectivity index (χ0) is 20.1. The second-order valence-electron chi connectivity index (χ2n) is 6.38. The second kappa shape index (κ2) is 8.62. The standard InChI is InChI=1S/C20H24N2O5S/c1-3-15-6-4-5-7-18(15)21-28(24,25)16-8-9-19(26-2)17(14-16)20(23)22-10-12-27-13-11-22/h4-9,14,21H,3,10-13H2,1-2H3. The molecular weight excluding hydrogens is 380 g/mol. The van der Waals surface area contributed by atoms with Gasteiger partial charge in [-0.25, -0.2) is 8.42 Å². The summed E-state index contributed by atoms with van der Waals surface area (Å²) < 4.78 is 39.0. The highest BCUT2D eigenvalue weighted by molar-refractivity contribution is 7.92. The number of benzene rings is 2. The van der Waals surface area contributed by atoms with Gasteiger partial charge in [0, 0.05) is 13.1 Å². The van der Waals surface area contributed by atoms with E-state index in [0.717, 1.165) is 5.56 Å². The van der Waals surface area contributed by atoms with Crippen molar-refractivity contribution in [2.24, 2.45) is 0 Å². The molecule has 2 aromatic carbocycles. The maximum atomic E-state index is 12.9. The van der Waals surface area contributed by atoms with E-state index in [2.05, 4.69) is 4.72 Å². The Morgan fingerprint density at radius 1 is 1.18 bits per heavy atom. The van der Waals surface area contributed by atoms with E-state index in [1.54, 1.807) is 17.0 Å². The number of carbonyl (C=O) groups excluding carboxylic acids is 1. The van der Waals surface area contributed by atoms with Crippen LogP contribution in [0.25, 0.3) is 0 Å². The first-order chi connectivity index (χ1) is 13.5. The number of hydrogen-bond donors (Lipinski definition) is 1. The van der Waals surface area contributed by atoms with E-state index in [1.165, 1.54) is 25.3 Å². The zero-order valence-corrected chi connectivity index (χ0v) is 16.8. The van der Waals surface area contributed by atoms with E-state index in [0.29, 0.717) is 44.2 Å². The monoisotopic (exact) mass is 404 g/mol. The van der Waals surface area contributed by atoms with Crippen molar-refractivity contribution in [2.45, 2.75) is 18.2 Å². The Labute approximate surface area is 165 Å². The third kappa shape index (κ3) is 4.28. The van der Waals surface area contributed by atoms with Gasteiger partial charge >= 0.3 is 0 Å². The van der Waals surface area contributed by atoms with Gasteiger partial charge in [0.1, 0.15) is 5.75 Å². The fourth-order valence-electron chi connectivity index (χ4n) is 3.09. The van der Waals surface area contributed by atoms with E-state index in [9.17, 15) is 13.2 Å². The molecule has 0 bridgehead atoms. The van der Waals surface area contributed by atoms with Crippen LogP contribution in [0.15, 0.2) is 47.4 Å². The Kier molecular flexibility index (Phi) is 6.21. The molecule has 1 amide bonds. The molecule has 0 radical (unpaired) electrons. The predicted octanol–water partition coefficient (Wildman–Crippen LogP) is 2.53. The highest BCUT2D eigenvalue weighted by Gasteiger charge is 2.25. The predicted molar refractivity (Wildman–Crippen MR) is 106 cm³/mol. The number of hydrogen-bond acceptors (Lipinski definition) is 5. The Balaban J connectivity index is 1.94. The van der Waals surface area contributed by atoms with Gasteiger partial charge in [-0.15, -0.1) is 0 Å². The lowest BCUT2D eigenvalue weighted by Gasteiger charge is -2.27. The van der Waals surface area contributed by atoms with Crippen molar-refractivity contribution < 1.29 is 22.7 Å². The van der Waals surface area contributed by atoms with Crippen molar-refractivity contribution in [3.05, 3.63) is 53.6 Å². The molecule has 0 unspecified atom stereocenters. The summed E-state index contributed by atoms with van der Waals surface area (Å²) in [6.45, 7) is 3.80. The fraction of sp³-hybridized carbons (Fsp3) is 0.350. The highest BCUT2D eigenvalue weighted by Crippen LogP contribution is 2.26. The lowest BCUT2D eigenvalue weighted by molar-refractivity contribution is 0.0300. The number of morpholine rings is 1. The number of methoxy groups -OCH3 is 1. The smallest absolute Gasteiger partial charge is 0.261 e. The molecule has 150 valence electrons. The minimum atomic E-state index is -3.86.